The Hall–Kier alpha value is -3.20. The van der Waals surface area contributed by atoms with Crippen molar-refractivity contribution >= 4 is 39.6 Å². The molecular formula is C26H32BrN3O5. The van der Waals surface area contributed by atoms with Crippen molar-refractivity contribution in [3.8, 4) is 0 Å². The van der Waals surface area contributed by atoms with Crippen molar-refractivity contribution in [1.82, 2.24) is 16.0 Å². The maximum Gasteiger partial charge on any atom is 0.326 e. The van der Waals surface area contributed by atoms with Gasteiger partial charge in [-0.15, -0.1) is 0 Å². The molecule has 2 rings (SSSR count). The molecule has 0 spiro atoms. The molecule has 8 nitrogen and oxygen atoms in total. The Labute approximate surface area is 214 Å². The van der Waals surface area contributed by atoms with E-state index in [1.165, 1.54) is 6.92 Å². The highest BCUT2D eigenvalue weighted by Crippen LogP contribution is 2.16. The highest BCUT2D eigenvalue weighted by atomic mass is 79.9. The fourth-order valence-electron chi connectivity index (χ4n) is 3.52. The van der Waals surface area contributed by atoms with Gasteiger partial charge in [-0.25, -0.2) is 4.79 Å². The summed E-state index contributed by atoms with van der Waals surface area (Å²) >= 11 is 3.31. The van der Waals surface area contributed by atoms with Gasteiger partial charge in [0.1, 0.15) is 17.6 Å². The van der Waals surface area contributed by atoms with Crippen molar-refractivity contribution in [1.29, 1.82) is 0 Å². The Bertz CT molecular complexity index is 1040. The van der Waals surface area contributed by atoms with Crippen LogP contribution in [0.1, 0.15) is 50.0 Å². The van der Waals surface area contributed by atoms with Gasteiger partial charge in [-0.2, -0.15) is 0 Å². The minimum absolute atomic E-state index is 0.0419. The maximum atomic E-state index is 13.3. The smallest absolute Gasteiger partial charge is 0.326 e. The van der Waals surface area contributed by atoms with Gasteiger partial charge in [-0.1, -0.05) is 60.1 Å². The van der Waals surface area contributed by atoms with Crippen LogP contribution in [-0.2, 0) is 20.8 Å². The lowest BCUT2D eigenvalue weighted by atomic mass is 9.90. The third kappa shape index (κ3) is 8.51. The molecule has 0 aliphatic carbocycles. The molecule has 0 aliphatic rings. The molecule has 0 saturated carbocycles. The van der Waals surface area contributed by atoms with E-state index < -0.39 is 41.3 Å². The number of hydrogen-bond donors (Lipinski definition) is 4. The summed E-state index contributed by atoms with van der Waals surface area (Å²) < 4.78 is 0.819. The zero-order valence-corrected chi connectivity index (χ0v) is 21.9. The number of amides is 3. The van der Waals surface area contributed by atoms with Crippen LogP contribution in [-0.4, -0.2) is 46.4 Å². The topological polar surface area (TPSA) is 125 Å². The molecule has 0 unspecified atom stereocenters. The lowest BCUT2D eigenvalue weighted by Crippen LogP contribution is -2.63. The van der Waals surface area contributed by atoms with Gasteiger partial charge in [0.25, 0.3) is 5.91 Å². The van der Waals surface area contributed by atoms with E-state index in [4.69, 9.17) is 0 Å². The first-order valence-corrected chi connectivity index (χ1v) is 12.2. The quantitative estimate of drug-likeness (QED) is 0.344. The lowest BCUT2D eigenvalue weighted by Gasteiger charge is -2.32. The van der Waals surface area contributed by atoms with Crippen LogP contribution in [0.25, 0.3) is 0 Å². The van der Waals surface area contributed by atoms with E-state index in [2.05, 4.69) is 31.9 Å². The Balaban J connectivity index is 2.21. The van der Waals surface area contributed by atoms with Gasteiger partial charge in [0.15, 0.2) is 0 Å². The van der Waals surface area contributed by atoms with E-state index in [-0.39, 0.29) is 18.8 Å². The van der Waals surface area contributed by atoms with E-state index in [9.17, 15) is 24.3 Å². The fraction of sp³-hybridized carbons (Fsp3) is 0.385. The molecule has 0 radical (unpaired) electrons. The number of nitrogens with one attached hydrogen (secondary N) is 3. The van der Waals surface area contributed by atoms with E-state index in [0.29, 0.717) is 5.56 Å². The second kappa shape index (κ2) is 12.5. The van der Waals surface area contributed by atoms with Gasteiger partial charge >= 0.3 is 5.97 Å². The molecule has 2 aromatic carbocycles. The normalized spacial score (nSPS) is 14.3. The summed E-state index contributed by atoms with van der Waals surface area (Å²) in [7, 11) is 0. The Morgan fingerprint density at radius 2 is 1.54 bits per heavy atom. The average Bonchev–Trinajstić information content (AvgIpc) is 2.79. The van der Waals surface area contributed by atoms with Crippen molar-refractivity contribution in [3.05, 3.63) is 70.2 Å². The van der Waals surface area contributed by atoms with Gasteiger partial charge in [0, 0.05) is 16.5 Å². The molecular weight excluding hydrogens is 514 g/mol. The number of halogens is 1. The van der Waals surface area contributed by atoms with Crippen LogP contribution >= 0.6 is 15.9 Å². The second-order valence-corrected chi connectivity index (χ2v) is 10.1. The number of aliphatic carboxylic acids is 1. The van der Waals surface area contributed by atoms with Crippen LogP contribution in [0.2, 0.25) is 0 Å². The molecule has 2 aromatic rings. The number of carboxylic acid groups (broad SMARTS) is 1. The summed E-state index contributed by atoms with van der Waals surface area (Å²) in [6.45, 7) is 6.79. The van der Waals surface area contributed by atoms with Crippen LogP contribution in [0, 0.1) is 5.92 Å². The summed E-state index contributed by atoms with van der Waals surface area (Å²) in [4.78, 5) is 50.6. The highest BCUT2D eigenvalue weighted by Gasteiger charge is 2.38. The first kappa shape index (κ1) is 28.0. The second-order valence-electron chi connectivity index (χ2n) is 9.18. The van der Waals surface area contributed by atoms with Crippen LogP contribution < -0.4 is 16.0 Å². The number of carbonyl (C=O) groups excluding carboxylic acids is 3. The molecule has 9 heteroatoms. The van der Waals surface area contributed by atoms with E-state index >= 15 is 0 Å². The summed E-state index contributed by atoms with van der Waals surface area (Å²) in [5, 5.41) is 17.5. The molecule has 4 N–H and O–H groups in total. The third-order valence-electron chi connectivity index (χ3n) is 5.46. The fourth-order valence-corrected chi connectivity index (χ4v) is 3.79. The average molecular weight is 546 g/mol. The molecule has 0 fully saturated rings. The van der Waals surface area contributed by atoms with Crippen molar-refractivity contribution in [2.75, 3.05) is 0 Å². The number of carboxylic acids is 1. The van der Waals surface area contributed by atoms with Crippen molar-refractivity contribution in [2.24, 2.45) is 5.92 Å². The number of benzene rings is 2. The Morgan fingerprint density at radius 3 is 2.09 bits per heavy atom. The van der Waals surface area contributed by atoms with Crippen molar-refractivity contribution in [3.63, 3.8) is 0 Å². The Kier molecular flexibility index (Phi) is 10.0. The molecule has 0 aromatic heterocycles. The summed E-state index contributed by atoms with van der Waals surface area (Å²) in [6, 6.07) is 13.7. The zero-order chi connectivity index (χ0) is 26.2. The van der Waals surface area contributed by atoms with E-state index in [0.717, 1.165) is 10.0 Å². The molecule has 0 heterocycles. The predicted octanol–water partition coefficient (Wildman–Crippen LogP) is 3.30. The summed E-state index contributed by atoms with van der Waals surface area (Å²) in [5.41, 5.74) is -0.289. The van der Waals surface area contributed by atoms with Crippen LogP contribution in [0.5, 0.6) is 0 Å². The summed E-state index contributed by atoms with van der Waals surface area (Å²) in [6.07, 6.45) is 0.378. The number of rotatable bonds is 11. The molecule has 188 valence electrons. The lowest BCUT2D eigenvalue weighted by molar-refractivity contribution is -0.143. The van der Waals surface area contributed by atoms with Crippen molar-refractivity contribution in [2.45, 2.75) is 58.2 Å². The van der Waals surface area contributed by atoms with Gasteiger partial charge in [-0.05, 0) is 56.0 Å². The van der Waals surface area contributed by atoms with Gasteiger partial charge in [0.2, 0.25) is 11.8 Å². The SMILES string of the molecule is CC(C)C[C@H](NC(=O)[C@@](C)(Cc1ccccc1)NC(=O)[C@H](C)NC(=O)c1ccc(Br)cc1)C(=O)O. The van der Waals surface area contributed by atoms with Crippen LogP contribution in [0.15, 0.2) is 59.1 Å². The van der Waals surface area contributed by atoms with E-state index in [1.54, 1.807) is 31.2 Å². The number of carbonyl (C=O) groups is 4. The van der Waals surface area contributed by atoms with Crippen LogP contribution in [0.4, 0.5) is 0 Å². The minimum atomic E-state index is -1.46. The van der Waals surface area contributed by atoms with Crippen molar-refractivity contribution < 1.29 is 24.3 Å². The molecule has 3 atom stereocenters. The molecule has 3 amide bonds. The number of hydrogen-bond acceptors (Lipinski definition) is 4. The zero-order valence-electron chi connectivity index (χ0n) is 20.3. The Morgan fingerprint density at radius 1 is 0.943 bits per heavy atom. The molecule has 35 heavy (non-hydrogen) atoms. The van der Waals surface area contributed by atoms with Gasteiger partial charge in [-0.3, -0.25) is 14.4 Å². The van der Waals surface area contributed by atoms with Gasteiger partial charge in [0.05, 0.1) is 0 Å². The molecule has 0 bridgehead atoms. The summed E-state index contributed by atoms with van der Waals surface area (Å²) in [5.74, 6) is -2.72. The monoisotopic (exact) mass is 545 g/mol. The molecule has 0 aliphatic heterocycles. The standard InChI is InChI=1S/C26H32BrN3O5/c1-16(2)14-21(24(33)34)29-25(35)26(4,15-18-8-6-5-7-9-18)30-22(31)17(3)28-23(32)19-10-12-20(27)13-11-19/h5-13,16-17,21H,14-15H2,1-4H3,(H,28,32)(H,29,35)(H,30,31)(H,33,34)/t17-,21-,26+/m0/s1. The largest absolute Gasteiger partial charge is 0.480 e. The maximum absolute atomic E-state index is 13.3. The highest BCUT2D eigenvalue weighted by molar-refractivity contribution is 9.10. The first-order valence-electron chi connectivity index (χ1n) is 11.4. The van der Waals surface area contributed by atoms with Gasteiger partial charge < -0.3 is 21.1 Å². The minimum Gasteiger partial charge on any atom is -0.480 e. The molecule has 0 saturated heterocycles. The third-order valence-corrected chi connectivity index (χ3v) is 5.99. The van der Waals surface area contributed by atoms with E-state index in [1.807, 2.05) is 44.2 Å². The predicted molar refractivity (Wildman–Crippen MR) is 137 cm³/mol. The van der Waals surface area contributed by atoms with Crippen LogP contribution in [0.3, 0.4) is 0 Å². The first-order chi connectivity index (χ1) is 16.4.